The van der Waals surface area contributed by atoms with Crippen LogP contribution in [0.15, 0.2) is 71.0 Å². The second-order valence-electron chi connectivity index (χ2n) is 7.52. The molecule has 0 spiro atoms. The first-order valence-corrected chi connectivity index (χ1v) is 10.9. The Morgan fingerprint density at radius 1 is 0.800 bits per heavy atom. The summed E-state index contributed by atoms with van der Waals surface area (Å²) in [5, 5.41) is 2.19. The Labute approximate surface area is 182 Å². The lowest BCUT2D eigenvalue weighted by molar-refractivity contribution is 0.415. The van der Waals surface area contributed by atoms with Gasteiger partial charge < -0.3 is 4.74 Å². The monoisotopic (exact) mass is 414 g/mol. The molecule has 4 rings (SSSR count). The quantitative estimate of drug-likeness (QED) is 0.366. The van der Waals surface area contributed by atoms with E-state index in [0.717, 1.165) is 33.2 Å². The van der Waals surface area contributed by atoms with Gasteiger partial charge in [-0.15, -0.1) is 11.3 Å². The summed E-state index contributed by atoms with van der Waals surface area (Å²) in [6.07, 6.45) is 0. The number of aromatic nitrogens is 1. The van der Waals surface area contributed by atoms with Gasteiger partial charge in [-0.1, -0.05) is 24.3 Å². The molecule has 0 N–H and O–H groups in total. The molecule has 0 saturated carbocycles. The average Bonchev–Trinajstić information content (AvgIpc) is 3.17. The van der Waals surface area contributed by atoms with Gasteiger partial charge in [-0.05, 0) is 91.9 Å². The first kappa shape index (κ1) is 20.2. The number of hydrogen-bond acceptors (Lipinski definition) is 3. The summed E-state index contributed by atoms with van der Waals surface area (Å²) in [4.78, 5) is 6.05. The molecule has 0 fully saturated rings. The zero-order valence-electron chi connectivity index (χ0n) is 18.1. The third-order valence-electron chi connectivity index (χ3n) is 5.70. The lowest BCUT2D eigenvalue weighted by Crippen LogP contribution is -2.15. The maximum Gasteiger partial charge on any atom is 0.195 e. The van der Waals surface area contributed by atoms with Crippen molar-refractivity contribution in [3.8, 4) is 22.7 Å². The van der Waals surface area contributed by atoms with E-state index in [-0.39, 0.29) is 0 Å². The van der Waals surface area contributed by atoms with Gasteiger partial charge in [-0.2, -0.15) is 0 Å². The van der Waals surface area contributed by atoms with Crippen molar-refractivity contribution < 1.29 is 4.74 Å². The molecular weight excluding hydrogens is 388 g/mol. The molecule has 30 heavy (non-hydrogen) atoms. The molecule has 0 atom stereocenters. The van der Waals surface area contributed by atoms with Crippen LogP contribution in [0.3, 0.4) is 0 Å². The summed E-state index contributed by atoms with van der Waals surface area (Å²) < 4.78 is 7.62. The van der Waals surface area contributed by atoms with E-state index in [0.29, 0.717) is 0 Å². The molecule has 1 heterocycles. The first-order chi connectivity index (χ1) is 14.5. The van der Waals surface area contributed by atoms with Crippen LogP contribution in [0.4, 0.5) is 5.69 Å². The van der Waals surface area contributed by atoms with E-state index >= 15 is 0 Å². The number of benzene rings is 3. The number of hydrogen-bond donors (Lipinski definition) is 0. The van der Waals surface area contributed by atoms with E-state index in [1.165, 1.54) is 22.3 Å². The van der Waals surface area contributed by atoms with E-state index in [9.17, 15) is 0 Å². The molecular formula is C26H26N2OS. The number of aryl methyl sites for hydroxylation is 2. The first-order valence-electron chi connectivity index (χ1n) is 10.0. The predicted molar refractivity (Wildman–Crippen MR) is 126 cm³/mol. The van der Waals surface area contributed by atoms with E-state index in [1.807, 2.05) is 12.1 Å². The SMILES string of the molecule is COc1ccc(-c2csc(=Nc3cccc(C)c3C)n2-c2cccc(C)c2C)cc1. The average molecular weight is 415 g/mol. The van der Waals surface area contributed by atoms with Gasteiger partial charge in [0.2, 0.25) is 0 Å². The van der Waals surface area contributed by atoms with E-state index in [2.05, 4.69) is 86.2 Å². The highest BCUT2D eigenvalue weighted by atomic mass is 32.1. The van der Waals surface area contributed by atoms with Crippen LogP contribution in [0.5, 0.6) is 5.75 Å². The zero-order chi connectivity index (χ0) is 21.3. The van der Waals surface area contributed by atoms with Crippen molar-refractivity contribution in [3.63, 3.8) is 0 Å². The highest BCUT2D eigenvalue weighted by molar-refractivity contribution is 7.07. The molecule has 3 aromatic carbocycles. The van der Waals surface area contributed by atoms with E-state index in [1.54, 1.807) is 18.4 Å². The topological polar surface area (TPSA) is 26.5 Å². The number of thiazole rings is 1. The van der Waals surface area contributed by atoms with Gasteiger partial charge in [-0.3, -0.25) is 4.57 Å². The number of nitrogens with zero attached hydrogens (tertiary/aromatic N) is 2. The third kappa shape index (κ3) is 3.71. The van der Waals surface area contributed by atoms with Crippen molar-refractivity contribution >= 4 is 17.0 Å². The molecule has 0 aliphatic carbocycles. The van der Waals surface area contributed by atoms with Crippen LogP contribution in [0.2, 0.25) is 0 Å². The number of ether oxygens (including phenoxy) is 1. The normalized spacial score (nSPS) is 11.7. The Morgan fingerprint density at radius 3 is 2.17 bits per heavy atom. The maximum atomic E-state index is 5.34. The third-order valence-corrected chi connectivity index (χ3v) is 6.53. The summed E-state index contributed by atoms with van der Waals surface area (Å²) in [5.74, 6) is 0.854. The standard InChI is InChI=1S/C26H26N2OS/c1-17-8-6-10-23(19(17)3)27-26-28(24-11-7-9-18(2)20(24)4)25(16-30-26)21-12-14-22(29-5)15-13-21/h6-16H,1-5H3. The smallest absolute Gasteiger partial charge is 0.195 e. The van der Waals surface area contributed by atoms with Crippen molar-refractivity contribution in [3.05, 3.63) is 93.1 Å². The molecule has 0 saturated heterocycles. The van der Waals surface area contributed by atoms with Crippen LogP contribution in [-0.4, -0.2) is 11.7 Å². The van der Waals surface area contributed by atoms with Gasteiger partial charge in [-0.25, -0.2) is 4.99 Å². The minimum Gasteiger partial charge on any atom is -0.497 e. The van der Waals surface area contributed by atoms with Gasteiger partial charge in [0.25, 0.3) is 0 Å². The highest BCUT2D eigenvalue weighted by Crippen LogP contribution is 2.28. The van der Waals surface area contributed by atoms with Crippen LogP contribution in [-0.2, 0) is 0 Å². The van der Waals surface area contributed by atoms with Gasteiger partial charge in [0, 0.05) is 5.38 Å². The van der Waals surface area contributed by atoms with Crippen LogP contribution in [0.25, 0.3) is 16.9 Å². The van der Waals surface area contributed by atoms with Crippen LogP contribution in [0, 0.1) is 27.7 Å². The van der Waals surface area contributed by atoms with Gasteiger partial charge in [0.1, 0.15) is 5.75 Å². The Balaban J connectivity index is 2.00. The van der Waals surface area contributed by atoms with Crippen molar-refractivity contribution in [2.24, 2.45) is 4.99 Å². The van der Waals surface area contributed by atoms with Crippen LogP contribution in [0.1, 0.15) is 22.3 Å². The van der Waals surface area contributed by atoms with Crippen molar-refractivity contribution in [1.29, 1.82) is 0 Å². The number of methoxy groups -OCH3 is 1. The summed E-state index contributed by atoms with van der Waals surface area (Å²) >= 11 is 1.66. The molecule has 0 bridgehead atoms. The molecule has 0 aliphatic rings. The molecule has 152 valence electrons. The van der Waals surface area contributed by atoms with E-state index < -0.39 is 0 Å². The summed E-state index contributed by atoms with van der Waals surface area (Å²) in [7, 11) is 1.69. The Hall–Kier alpha value is -3.11. The minimum atomic E-state index is 0.854. The van der Waals surface area contributed by atoms with Gasteiger partial charge in [0.15, 0.2) is 4.80 Å². The second kappa shape index (κ2) is 8.33. The Morgan fingerprint density at radius 2 is 1.47 bits per heavy atom. The molecule has 0 amide bonds. The predicted octanol–water partition coefficient (Wildman–Crippen LogP) is 6.68. The second-order valence-corrected chi connectivity index (χ2v) is 8.35. The largest absolute Gasteiger partial charge is 0.497 e. The minimum absolute atomic E-state index is 0.854. The summed E-state index contributed by atoms with van der Waals surface area (Å²) in [6.45, 7) is 8.59. The molecule has 4 heteroatoms. The van der Waals surface area contributed by atoms with Crippen LogP contribution >= 0.6 is 11.3 Å². The lowest BCUT2D eigenvalue weighted by atomic mass is 10.1. The molecule has 0 unspecified atom stereocenters. The maximum absolute atomic E-state index is 5.34. The fraction of sp³-hybridized carbons (Fsp3) is 0.192. The van der Waals surface area contributed by atoms with Gasteiger partial charge >= 0.3 is 0 Å². The van der Waals surface area contributed by atoms with Crippen molar-refractivity contribution in [2.45, 2.75) is 27.7 Å². The molecule has 1 aromatic heterocycles. The van der Waals surface area contributed by atoms with Gasteiger partial charge in [0.05, 0.1) is 24.2 Å². The molecule has 0 radical (unpaired) electrons. The fourth-order valence-electron chi connectivity index (χ4n) is 3.52. The molecule has 4 aromatic rings. The van der Waals surface area contributed by atoms with Crippen molar-refractivity contribution in [2.75, 3.05) is 7.11 Å². The number of rotatable bonds is 4. The lowest BCUT2D eigenvalue weighted by Gasteiger charge is -2.14. The Bertz CT molecular complexity index is 1260. The zero-order valence-corrected chi connectivity index (χ0v) is 18.9. The van der Waals surface area contributed by atoms with E-state index in [4.69, 9.17) is 9.73 Å². The molecule has 3 nitrogen and oxygen atoms in total. The summed E-state index contributed by atoms with van der Waals surface area (Å²) in [6, 6.07) is 20.9. The molecule has 0 aliphatic heterocycles. The fourth-order valence-corrected chi connectivity index (χ4v) is 4.43. The highest BCUT2D eigenvalue weighted by Gasteiger charge is 2.13. The van der Waals surface area contributed by atoms with Crippen LogP contribution < -0.4 is 9.54 Å². The summed E-state index contributed by atoms with van der Waals surface area (Å²) in [5.41, 5.74) is 9.42. The Kier molecular flexibility index (Phi) is 5.60. The van der Waals surface area contributed by atoms with Crippen molar-refractivity contribution in [1.82, 2.24) is 4.57 Å².